The first-order chi connectivity index (χ1) is 6.72. The second-order valence-electron chi connectivity index (χ2n) is 3.43. The molecule has 0 unspecified atom stereocenters. The molecule has 0 saturated heterocycles. The summed E-state index contributed by atoms with van der Waals surface area (Å²) < 4.78 is 0. The van der Waals surface area contributed by atoms with Gasteiger partial charge in [0.05, 0.1) is 6.10 Å². The van der Waals surface area contributed by atoms with Crippen molar-refractivity contribution in [3.8, 4) is 0 Å². The van der Waals surface area contributed by atoms with Crippen LogP contribution in [0.25, 0.3) is 0 Å². The van der Waals surface area contributed by atoms with Gasteiger partial charge in [0.2, 0.25) is 0 Å². The zero-order valence-corrected chi connectivity index (χ0v) is 8.75. The van der Waals surface area contributed by atoms with E-state index in [0.29, 0.717) is 6.54 Å². The average Bonchev–Trinajstić information content (AvgIpc) is 2.18. The van der Waals surface area contributed by atoms with E-state index in [9.17, 15) is 0 Å². The Balaban J connectivity index is 2.42. The summed E-state index contributed by atoms with van der Waals surface area (Å²) in [4.78, 5) is 0. The zero-order chi connectivity index (χ0) is 10.4. The topological polar surface area (TPSA) is 44.3 Å². The Morgan fingerprint density at radius 2 is 2.21 bits per heavy atom. The quantitative estimate of drug-likeness (QED) is 0.660. The molecule has 1 rings (SSSR count). The Morgan fingerprint density at radius 1 is 1.43 bits per heavy atom. The van der Waals surface area contributed by atoms with Crippen LogP contribution in [0.3, 0.4) is 0 Å². The van der Waals surface area contributed by atoms with E-state index in [2.05, 4.69) is 22.8 Å². The van der Waals surface area contributed by atoms with E-state index in [1.165, 1.54) is 5.56 Å². The van der Waals surface area contributed by atoms with Crippen molar-refractivity contribution in [2.75, 3.05) is 18.9 Å². The van der Waals surface area contributed by atoms with Crippen molar-refractivity contribution in [3.63, 3.8) is 0 Å². The van der Waals surface area contributed by atoms with Gasteiger partial charge in [-0.15, -0.1) is 0 Å². The van der Waals surface area contributed by atoms with Crippen molar-refractivity contribution in [1.29, 1.82) is 0 Å². The molecule has 0 spiro atoms. The summed E-state index contributed by atoms with van der Waals surface area (Å²) in [5.41, 5.74) is 2.33. The lowest BCUT2D eigenvalue weighted by molar-refractivity contribution is 0.191. The first kappa shape index (κ1) is 11.0. The van der Waals surface area contributed by atoms with Crippen molar-refractivity contribution >= 4 is 5.69 Å². The van der Waals surface area contributed by atoms with Crippen molar-refractivity contribution in [2.24, 2.45) is 0 Å². The monoisotopic (exact) mass is 194 g/mol. The van der Waals surface area contributed by atoms with Gasteiger partial charge < -0.3 is 15.7 Å². The van der Waals surface area contributed by atoms with Crippen LogP contribution in [0, 0.1) is 0 Å². The Hall–Kier alpha value is -1.06. The van der Waals surface area contributed by atoms with Gasteiger partial charge in [-0.3, -0.25) is 0 Å². The highest BCUT2D eigenvalue weighted by molar-refractivity contribution is 5.44. The third kappa shape index (κ3) is 3.77. The van der Waals surface area contributed by atoms with E-state index >= 15 is 0 Å². The van der Waals surface area contributed by atoms with Gasteiger partial charge in [0, 0.05) is 25.8 Å². The van der Waals surface area contributed by atoms with Crippen molar-refractivity contribution in [3.05, 3.63) is 29.8 Å². The van der Waals surface area contributed by atoms with Crippen LogP contribution in [0.5, 0.6) is 0 Å². The molecule has 0 amide bonds. The number of anilines is 1. The molecule has 78 valence electrons. The molecule has 1 aromatic carbocycles. The molecule has 3 nitrogen and oxygen atoms in total. The lowest BCUT2D eigenvalue weighted by Gasteiger charge is -2.08. The first-order valence-corrected chi connectivity index (χ1v) is 4.88. The summed E-state index contributed by atoms with van der Waals surface area (Å²) in [6.45, 7) is 3.20. The van der Waals surface area contributed by atoms with Crippen molar-refractivity contribution in [1.82, 2.24) is 5.32 Å². The van der Waals surface area contributed by atoms with Crippen LogP contribution in [0.2, 0.25) is 0 Å². The van der Waals surface area contributed by atoms with E-state index in [1.54, 1.807) is 6.92 Å². The lowest BCUT2D eigenvalue weighted by atomic mass is 10.2. The molecule has 1 aromatic rings. The van der Waals surface area contributed by atoms with Crippen molar-refractivity contribution < 1.29 is 5.11 Å². The van der Waals surface area contributed by atoms with Crippen LogP contribution in [-0.4, -0.2) is 24.8 Å². The molecule has 0 radical (unpaired) electrons. The molecule has 0 heterocycles. The molecule has 1 atom stereocenters. The number of aliphatic hydroxyl groups is 1. The Kier molecular flexibility index (Phi) is 4.43. The summed E-state index contributed by atoms with van der Waals surface area (Å²) in [6.07, 6.45) is -0.289. The Labute approximate surface area is 85.2 Å². The molecular formula is C11H18N2O. The van der Waals surface area contributed by atoms with Gasteiger partial charge in [0.25, 0.3) is 0 Å². The fraction of sp³-hybridized carbons (Fsp3) is 0.455. The Morgan fingerprint density at radius 3 is 2.86 bits per heavy atom. The third-order valence-electron chi connectivity index (χ3n) is 1.98. The molecule has 0 aliphatic heterocycles. The fourth-order valence-corrected chi connectivity index (χ4v) is 1.26. The molecule has 0 fully saturated rings. The number of rotatable bonds is 5. The highest BCUT2D eigenvalue weighted by Gasteiger charge is 1.96. The van der Waals surface area contributed by atoms with Crippen LogP contribution in [0.15, 0.2) is 24.3 Å². The minimum absolute atomic E-state index is 0.289. The fourth-order valence-electron chi connectivity index (χ4n) is 1.26. The summed E-state index contributed by atoms with van der Waals surface area (Å²) in [7, 11) is 1.91. The molecule has 0 aliphatic rings. The number of nitrogens with one attached hydrogen (secondary N) is 2. The highest BCUT2D eigenvalue weighted by atomic mass is 16.3. The van der Waals surface area contributed by atoms with Gasteiger partial charge in [-0.2, -0.15) is 0 Å². The number of hydrogen-bond donors (Lipinski definition) is 3. The van der Waals surface area contributed by atoms with E-state index in [-0.39, 0.29) is 6.10 Å². The molecular weight excluding hydrogens is 176 g/mol. The van der Waals surface area contributed by atoms with Gasteiger partial charge >= 0.3 is 0 Å². The van der Waals surface area contributed by atoms with Crippen molar-refractivity contribution in [2.45, 2.75) is 19.6 Å². The van der Waals surface area contributed by atoms with Gasteiger partial charge in [0.1, 0.15) is 0 Å². The second kappa shape index (κ2) is 5.62. The van der Waals surface area contributed by atoms with Crippen LogP contribution in [0.4, 0.5) is 5.69 Å². The first-order valence-electron chi connectivity index (χ1n) is 4.88. The van der Waals surface area contributed by atoms with E-state index in [0.717, 1.165) is 12.2 Å². The maximum atomic E-state index is 9.06. The standard InChI is InChI=1S/C11H18N2O/c1-9(14)7-13-8-10-4-3-5-11(6-10)12-2/h3-6,9,12-14H,7-8H2,1-2H3/t9-/m1/s1. The van der Waals surface area contributed by atoms with Gasteiger partial charge in [-0.05, 0) is 24.6 Å². The largest absolute Gasteiger partial charge is 0.392 e. The van der Waals surface area contributed by atoms with Crippen LogP contribution < -0.4 is 10.6 Å². The second-order valence-corrected chi connectivity index (χ2v) is 3.43. The maximum absolute atomic E-state index is 9.06. The molecule has 0 saturated carbocycles. The molecule has 14 heavy (non-hydrogen) atoms. The average molecular weight is 194 g/mol. The van der Waals surface area contributed by atoms with Gasteiger partial charge in [-0.1, -0.05) is 12.1 Å². The van der Waals surface area contributed by atoms with Gasteiger partial charge in [0.15, 0.2) is 0 Å². The predicted molar refractivity (Wildman–Crippen MR) is 59.4 cm³/mol. The number of benzene rings is 1. The molecule has 0 aromatic heterocycles. The lowest BCUT2D eigenvalue weighted by Crippen LogP contribution is -2.23. The molecule has 0 bridgehead atoms. The van der Waals surface area contributed by atoms with Gasteiger partial charge in [-0.25, -0.2) is 0 Å². The summed E-state index contributed by atoms with van der Waals surface area (Å²) in [6, 6.07) is 8.20. The number of hydrogen-bond acceptors (Lipinski definition) is 3. The maximum Gasteiger partial charge on any atom is 0.0636 e. The summed E-state index contributed by atoms with van der Waals surface area (Å²) in [5, 5.41) is 15.3. The van der Waals surface area contributed by atoms with Crippen LogP contribution in [-0.2, 0) is 6.54 Å². The third-order valence-corrected chi connectivity index (χ3v) is 1.98. The molecule has 0 aliphatic carbocycles. The molecule has 3 heteroatoms. The minimum atomic E-state index is -0.289. The summed E-state index contributed by atoms with van der Waals surface area (Å²) >= 11 is 0. The predicted octanol–water partition coefficient (Wildman–Crippen LogP) is 1.20. The van der Waals surface area contributed by atoms with E-state index in [1.807, 2.05) is 19.2 Å². The van der Waals surface area contributed by atoms with E-state index < -0.39 is 0 Å². The minimum Gasteiger partial charge on any atom is -0.392 e. The normalized spacial score (nSPS) is 12.5. The zero-order valence-electron chi connectivity index (χ0n) is 8.75. The SMILES string of the molecule is CNc1cccc(CNC[C@@H](C)O)c1. The smallest absolute Gasteiger partial charge is 0.0636 e. The number of aliphatic hydroxyl groups excluding tert-OH is 1. The molecule has 3 N–H and O–H groups in total. The van der Waals surface area contributed by atoms with Crippen LogP contribution >= 0.6 is 0 Å². The summed E-state index contributed by atoms with van der Waals surface area (Å²) in [5.74, 6) is 0. The Bertz CT molecular complexity index is 274. The van der Waals surface area contributed by atoms with E-state index in [4.69, 9.17) is 5.11 Å². The van der Waals surface area contributed by atoms with Crippen LogP contribution in [0.1, 0.15) is 12.5 Å². The highest BCUT2D eigenvalue weighted by Crippen LogP contribution is 2.09.